The lowest BCUT2D eigenvalue weighted by Gasteiger charge is -2.12. The Kier molecular flexibility index (Phi) is 3.66. The van der Waals surface area contributed by atoms with Crippen LogP contribution in [0.1, 0.15) is 34.6 Å². The number of nitrogens with one attached hydrogen (secondary N) is 1. The van der Waals surface area contributed by atoms with Gasteiger partial charge in [-0.2, -0.15) is 0 Å². The van der Waals surface area contributed by atoms with E-state index in [2.05, 4.69) is 33.0 Å². The largest absolute Gasteiger partial charge is 0.384 e. The molecule has 1 aliphatic carbocycles. The monoisotopic (exact) mass is 295 g/mol. The first-order valence-corrected chi connectivity index (χ1v) is 8.85. The summed E-state index contributed by atoms with van der Waals surface area (Å²) in [6.07, 6.45) is 0. The van der Waals surface area contributed by atoms with E-state index < -0.39 is 9.84 Å². The van der Waals surface area contributed by atoms with Crippen molar-refractivity contribution in [3.63, 3.8) is 0 Å². The minimum atomic E-state index is -3.18. The van der Waals surface area contributed by atoms with Gasteiger partial charge in [0.2, 0.25) is 0 Å². The van der Waals surface area contributed by atoms with Gasteiger partial charge in [-0.1, -0.05) is 46.8 Å². The summed E-state index contributed by atoms with van der Waals surface area (Å²) in [6.45, 7) is 11.6. The van der Waals surface area contributed by atoms with Gasteiger partial charge in [0, 0.05) is 6.54 Å². The van der Waals surface area contributed by atoms with E-state index >= 15 is 0 Å². The number of sulfone groups is 1. The first kappa shape index (κ1) is 15.4. The van der Waals surface area contributed by atoms with E-state index in [1.807, 2.05) is 12.1 Å². The van der Waals surface area contributed by atoms with Crippen LogP contribution in [0.2, 0.25) is 0 Å². The van der Waals surface area contributed by atoms with E-state index in [0.29, 0.717) is 21.6 Å². The van der Waals surface area contributed by atoms with Crippen LogP contribution in [0, 0.1) is 16.7 Å². The summed E-state index contributed by atoms with van der Waals surface area (Å²) in [7, 11) is -3.18. The average molecular weight is 295 g/mol. The minimum absolute atomic E-state index is 0.131. The molecule has 0 amide bonds. The molecule has 1 aliphatic rings. The van der Waals surface area contributed by atoms with Crippen molar-refractivity contribution >= 4 is 15.5 Å². The van der Waals surface area contributed by atoms with Gasteiger partial charge in [-0.15, -0.1) is 0 Å². The van der Waals surface area contributed by atoms with Crippen molar-refractivity contribution in [1.82, 2.24) is 0 Å². The Hall–Kier alpha value is -1.03. The number of anilines is 1. The van der Waals surface area contributed by atoms with Gasteiger partial charge in [0.05, 0.1) is 16.3 Å². The zero-order chi connectivity index (χ0) is 15.2. The van der Waals surface area contributed by atoms with Gasteiger partial charge in [0.1, 0.15) is 0 Å². The maximum atomic E-state index is 12.1. The van der Waals surface area contributed by atoms with E-state index in [4.69, 9.17) is 0 Å². The van der Waals surface area contributed by atoms with Crippen LogP contribution >= 0.6 is 0 Å². The van der Waals surface area contributed by atoms with Crippen molar-refractivity contribution in [2.24, 2.45) is 16.7 Å². The Balaban J connectivity index is 2.17. The quantitative estimate of drug-likeness (QED) is 0.903. The number of hydrogen-bond acceptors (Lipinski definition) is 3. The predicted molar refractivity (Wildman–Crippen MR) is 83.7 cm³/mol. The van der Waals surface area contributed by atoms with Crippen molar-refractivity contribution < 1.29 is 8.42 Å². The SMILES string of the molecule is CCS(=O)(=O)c1ccccc1NCC1C(C)(C)C1(C)C. The Labute approximate surface area is 122 Å². The summed E-state index contributed by atoms with van der Waals surface area (Å²) in [4.78, 5) is 0.416. The highest BCUT2D eigenvalue weighted by atomic mass is 32.2. The Morgan fingerprint density at radius 1 is 1.10 bits per heavy atom. The lowest BCUT2D eigenvalue weighted by Crippen LogP contribution is -2.12. The zero-order valence-corrected chi connectivity index (χ0v) is 13.8. The van der Waals surface area contributed by atoms with E-state index in [-0.39, 0.29) is 5.75 Å². The molecule has 2 rings (SSSR count). The zero-order valence-electron chi connectivity index (χ0n) is 13.0. The van der Waals surface area contributed by atoms with Gasteiger partial charge in [-0.05, 0) is 28.9 Å². The van der Waals surface area contributed by atoms with Crippen LogP contribution in [0.4, 0.5) is 5.69 Å². The number of rotatable bonds is 5. The van der Waals surface area contributed by atoms with Gasteiger partial charge in [-0.3, -0.25) is 0 Å². The molecular weight excluding hydrogens is 270 g/mol. The molecule has 3 nitrogen and oxygen atoms in total. The molecule has 1 N–H and O–H groups in total. The van der Waals surface area contributed by atoms with Gasteiger partial charge in [0.25, 0.3) is 0 Å². The van der Waals surface area contributed by atoms with E-state index in [9.17, 15) is 8.42 Å². The fourth-order valence-electron chi connectivity index (χ4n) is 3.09. The smallest absolute Gasteiger partial charge is 0.180 e. The normalized spacial score (nSPS) is 20.6. The summed E-state index contributed by atoms with van der Waals surface area (Å²) in [5, 5.41) is 3.35. The Morgan fingerprint density at radius 3 is 2.15 bits per heavy atom. The molecule has 0 spiro atoms. The molecule has 1 fully saturated rings. The highest BCUT2D eigenvalue weighted by Gasteiger charge is 2.64. The van der Waals surface area contributed by atoms with Crippen LogP contribution in [-0.4, -0.2) is 20.7 Å². The molecule has 0 heterocycles. The molecule has 112 valence electrons. The molecule has 0 unspecified atom stereocenters. The Bertz CT molecular complexity index is 589. The second-order valence-corrected chi connectivity index (χ2v) is 9.02. The second-order valence-electron chi connectivity index (χ2n) is 6.78. The van der Waals surface area contributed by atoms with Crippen LogP contribution in [0.15, 0.2) is 29.2 Å². The topological polar surface area (TPSA) is 46.2 Å². The summed E-state index contributed by atoms with van der Waals surface area (Å²) in [6, 6.07) is 7.19. The highest BCUT2D eigenvalue weighted by Crippen LogP contribution is 2.68. The lowest BCUT2D eigenvalue weighted by atomic mass is 10.0. The summed E-state index contributed by atoms with van der Waals surface area (Å²) in [5.74, 6) is 0.693. The van der Waals surface area contributed by atoms with Crippen molar-refractivity contribution in [2.45, 2.75) is 39.5 Å². The third-order valence-corrected chi connectivity index (χ3v) is 7.20. The highest BCUT2D eigenvalue weighted by molar-refractivity contribution is 7.91. The van der Waals surface area contributed by atoms with Gasteiger partial charge < -0.3 is 5.32 Å². The van der Waals surface area contributed by atoms with E-state index in [1.165, 1.54) is 0 Å². The van der Waals surface area contributed by atoms with Crippen molar-refractivity contribution in [3.8, 4) is 0 Å². The average Bonchev–Trinajstić information content (AvgIpc) is 2.77. The maximum Gasteiger partial charge on any atom is 0.180 e. The number of benzene rings is 1. The summed E-state index contributed by atoms with van der Waals surface area (Å²) < 4.78 is 24.2. The van der Waals surface area contributed by atoms with Crippen LogP contribution in [0.25, 0.3) is 0 Å². The van der Waals surface area contributed by atoms with Crippen LogP contribution < -0.4 is 5.32 Å². The molecule has 0 saturated heterocycles. The van der Waals surface area contributed by atoms with Crippen LogP contribution in [0.5, 0.6) is 0 Å². The molecule has 0 aromatic heterocycles. The molecule has 0 aliphatic heterocycles. The molecule has 0 atom stereocenters. The molecule has 1 aromatic carbocycles. The first-order chi connectivity index (χ1) is 9.14. The third-order valence-electron chi connectivity index (χ3n) is 5.42. The summed E-state index contributed by atoms with van der Waals surface area (Å²) in [5.41, 5.74) is 1.34. The van der Waals surface area contributed by atoms with Crippen LogP contribution in [0.3, 0.4) is 0 Å². The van der Waals surface area contributed by atoms with Crippen molar-refractivity contribution in [3.05, 3.63) is 24.3 Å². The van der Waals surface area contributed by atoms with Crippen LogP contribution in [-0.2, 0) is 9.84 Å². The fraction of sp³-hybridized carbons (Fsp3) is 0.625. The van der Waals surface area contributed by atoms with E-state index in [1.54, 1.807) is 19.1 Å². The van der Waals surface area contributed by atoms with Crippen molar-refractivity contribution in [1.29, 1.82) is 0 Å². The molecule has 20 heavy (non-hydrogen) atoms. The van der Waals surface area contributed by atoms with Gasteiger partial charge in [-0.25, -0.2) is 8.42 Å². The third kappa shape index (κ3) is 2.34. The van der Waals surface area contributed by atoms with E-state index in [0.717, 1.165) is 12.2 Å². The van der Waals surface area contributed by atoms with Gasteiger partial charge in [0.15, 0.2) is 9.84 Å². The minimum Gasteiger partial charge on any atom is -0.384 e. The predicted octanol–water partition coefficient (Wildman–Crippen LogP) is 3.57. The Morgan fingerprint density at radius 2 is 1.65 bits per heavy atom. The molecule has 1 aromatic rings. The first-order valence-electron chi connectivity index (χ1n) is 7.20. The molecule has 0 bridgehead atoms. The second kappa shape index (κ2) is 4.76. The molecule has 1 saturated carbocycles. The fourth-order valence-corrected chi connectivity index (χ4v) is 4.17. The molecule has 0 radical (unpaired) electrons. The number of hydrogen-bond donors (Lipinski definition) is 1. The van der Waals surface area contributed by atoms with Crippen molar-refractivity contribution in [2.75, 3.05) is 17.6 Å². The lowest BCUT2D eigenvalue weighted by molar-refractivity contribution is 0.457. The summed E-state index contributed by atoms with van der Waals surface area (Å²) >= 11 is 0. The molecular formula is C16H25NO2S. The van der Waals surface area contributed by atoms with Gasteiger partial charge >= 0.3 is 0 Å². The molecule has 4 heteroatoms. The maximum absolute atomic E-state index is 12.1. The number of para-hydroxylation sites is 1. The standard InChI is InChI=1S/C16H25NO2S/c1-6-20(18,19)13-10-8-7-9-12(13)17-11-14-15(2,3)16(14,4)5/h7-10,14,17H,6,11H2,1-5H3.